The van der Waals surface area contributed by atoms with Crippen LogP contribution in [0.15, 0.2) is 42.5 Å². The molecule has 1 amide bonds. The van der Waals surface area contributed by atoms with E-state index < -0.39 is 0 Å². The maximum Gasteiger partial charge on any atom is 0.238 e. The highest BCUT2D eigenvalue weighted by atomic mass is 16.5. The maximum absolute atomic E-state index is 12.6. The highest BCUT2D eigenvalue weighted by molar-refractivity contribution is 5.93. The van der Waals surface area contributed by atoms with Crippen LogP contribution in [0.3, 0.4) is 0 Å². The Morgan fingerprint density at radius 3 is 2.67 bits per heavy atom. The SMILES string of the molecule is CC[C@@H](C)c1ccccc1NC(=O)CN1CCN(Cc2ccc3c(c2)CCO3)CC1. The lowest BCUT2D eigenvalue weighted by atomic mass is 9.97. The van der Waals surface area contributed by atoms with Crippen LogP contribution in [-0.2, 0) is 17.8 Å². The summed E-state index contributed by atoms with van der Waals surface area (Å²) in [5.74, 6) is 1.57. The monoisotopic (exact) mass is 407 g/mol. The van der Waals surface area contributed by atoms with Crippen LogP contribution in [0.5, 0.6) is 5.75 Å². The molecule has 0 bridgehead atoms. The van der Waals surface area contributed by atoms with E-state index in [1.54, 1.807) is 0 Å². The van der Waals surface area contributed by atoms with Gasteiger partial charge in [0.25, 0.3) is 0 Å². The fourth-order valence-corrected chi connectivity index (χ4v) is 4.36. The number of ether oxygens (including phenoxy) is 1. The van der Waals surface area contributed by atoms with Crippen molar-refractivity contribution in [2.45, 2.75) is 39.2 Å². The number of rotatable bonds is 7. The quantitative estimate of drug-likeness (QED) is 0.756. The van der Waals surface area contributed by atoms with Gasteiger partial charge in [0.05, 0.1) is 13.2 Å². The molecule has 5 heteroatoms. The van der Waals surface area contributed by atoms with Gasteiger partial charge in [0, 0.05) is 44.8 Å². The summed E-state index contributed by atoms with van der Waals surface area (Å²) in [6.45, 7) is 10.4. The second kappa shape index (κ2) is 9.63. The molecule has 2 aromatic rings. The number of amides is 1. The van der Waals surface area contributed by atoms with Crippen LogP contribution in [0.2, 0.25) is 0 Å². The average molecular weight is 408 g/mol. The standard InChI is InChI=1S/C25H33N3O2/c1-3-19(2)22-6-4-5-7-23(22)26-25(29)18-28-13-11-27(12-14-28)17-20-8-9-24-21(16-20)10-15-30-24/h4-9,16,19H,3,10-15,17-18H2,1-2H3,(H,26,29)/t19-/m1/s1. The number of carbonyl (C=O) groups is 1. The summed E-state index contributed by atoms with van der Waals surface area (Å²) in [6.07, 6.45) is 2.08. The van der Waals surface area contributed by atoms with Gasteiger partial charge >= 0.3 is 0 Å². The van der Waals surface area contributed by atoms with Crippen molar-refractivity contribution in [3.8, 4) is 5.75 Å². The van der Waals surface area contributed by atoms with E-state index in [0.29, 0.717) is 12.5 Å². The first-order valence-corrected chi connectivity index (χ1v) is 11.2. The van der Waals surface area contributed by atoms with Crippen LogP contribution in [0.1, 0.15) is 42.9 Å². The molecule has 2 aromatic carbocycles. The molecular formula is C25H33N3O2. The second-order valence-corrected chi connectivity index (χ2v) is 8.54. The molecule has 0 saturated carbocycles. The number of carbonyl (C=O) groups excluding carboxylic acids is 1. The number of hydrogen-bond donors (Lipinski definition) is 1. The largest absolute Gasteiger partial charge is 0.493 e. The van der Waals surface area contributed by atoms with E-state index in [1.165, 1.54) is 16.7 Å². The Kier molecular flexibility index (Phi) is 6.70. The molecule has 0 aromatic heterocycles. The van der Waals surface area contributed by atoms with Crippen molar-refractivity contribution >= 4 is 11.6 Å². The van der Waals surface area contributed by atoms with Crippen LogP contribution >= 0.6 is 0 Å². The smallest absolute Gasteiger partial charge is 0.238 e. The molecule has 1 fully saturated rings. The molecule has 1 atom stereocenters. The lowest BCUT2D eigenvalue weighted by molar-refractivity contribution is -0.117. The average Bonchev–Trinajstić information content (AvgIpc) is 3.23. The van der Waals surface area contributed by atoms with E-state index in [0.717, 1.165) is 63.6 Å². The molecule has 0 unspecified atom stereocenters. The van der Waals surface area contributed by atoms with Gasteiger partial charge in [-0.1, -0.05) is 44.2 Å². The molecule has 2 aliphatic rings. The maximum atomic E-state index is 12.6. The Morgan fingerprint density at radius 2 is 1.87 bits per heavy atom. The number of nitrogens with zero attached hydrogens (tertiary/aromatic N) is 2. The van der Waals surface area contributed by atoms with Gasteiger partial charge in [-0.25, -0.2) is 0 Å². The first-order valence-electron chi connectivity index (χ1n) is 11.2. The van der Waals surface area contributed by atoms with Crippen LogP contribution in [0.25, 0.3) is 0 Å². The molecule has 1 N–H and O–H groups in total. The number of anilines is 1. The predicted octanol–water partition coefficient (Wildman–Crippen LogP) is 3.89. The number of benzene rings is 2. The summed E-state index contributed by atoms with van der Waals surface area (Å²) in [5.41, 5.74) is 4.86. The number of para-hydroxylation sites is 1. The van der Waals surface area contributed by atoms with Crippen LogP contribution in [0, 0.1) is 0 Å². The molecule has 0 radical (unpaired) electrons. The topological polar surface area (TPSA) is 44.8 Å². The Hall–Kier alpha value is -2.37. The summed E-state index contributed by atoms with van der Waals surface area (Å²) >= 11 is 0. The van der Waals surface area contributed by atoms with Gasteiger partial charge in [-0.05, 0) is 41.2 Å². The fourth-order valence-electron chi connectivity index (χ4n) is 4.36. The van der Waals surface area contributed by atoms with Crippen molar-refractivity contribution < 1.29 is 9.53 Å². The first-order chi connectivity index (χ1) is 14.6. The Bertz CT molecular complexity index is 874. The zero-order valence-corrected chi connectivity index (χ0v) is 18.2. The first kappa shape index (κ1) is 20.9. The van der Waals surface area contributed by atoms with E-state index >= 15 is 0 Å². The van der Waals surface area contributed by atoms with Crippen molar-refractivity contribution in [3.63, 3.8) is 0 Å². The van der Waals surface area contributed by atoms with Gasteiger partial charge in [-0.2, -0.15) is 0 Å². The van der Waals surface area contributed by atoms with Gasteiger partial charge in [0.1, 0.15) is 5.75 Å². The van der Waals surface area contributed by atoms with E-state index in [4.69, 9.17) is 4.74 Å². The number of nitrogens with one attached hydrogen (secondary N) is 1. The minimum atomic E-state index is 0.0813. The van der Waals surface area contributed by atoms with Gasteiger partial charge < -0.3 is 10.1 Å². The molecule has 160 valence electrons. The van der Waals surface area contributed by atoms with Crippen LogP contribution < -0.4 is 10.1 Å². The summed E-state index contributed by atoms with van der Waals surface area (Å²) in [5, 5.41) is 3.14. The van der Waals surface area contributed by atoms with Crippen molar-refractivity contribution in [2.24, 2.45) is 0 Å². The van der Waals surface area contributed by atoms with Crippen LogP contribution in [-0.4, -0.2) is 55.0 Å². The minimum absolute atomic E-state index is 0.0813. The van der Waals surface area contributed by atoms with Gasteiger partial charge in [0.2, 0.25) is 5.91 Å². The number of fused-ring (bicyclic) bond motifs is 1. The second-order valence-electron chi connectivity index (χ2n) is 8.54. The number of hydrogen-bond acceptors (Lipinski definition) is 4. The van der Waals surface area contributed by atoms with Crippen LogP contribution in [0.4, 0.5) is 5.69 Å². The third-order valence-corrected chi connectivity index (χ3v) is 6.37. The van der Waals surface area contributed by atoms with E-state index in [1.807, 2.05) is 18.2 Å². The zero-order valence-electron chi connectivity index (χ0n) is 18.2. The molecule has 5 nitrogen and oxygen atoms in total. The highest BCUT2D eigenvalue weighted by Gasteiger charge is 2.20. The van der Waals surface area contributed by atoms with Gasteiger partial charge in [0.15, 0.2) is 0 Å². The Morgan fingerprint density at radius 1 is 1.10 bits per heavy atom. The van der Waals surface area contributed by atoms with Crippen molar-refractivity contribution in [3.05, 3.63) is 59.2 Å². The molecule has 1 saturated heterocycles. The molecule has 0 spiro atoms. The van der Waals surface area contributed by atoms with E-state index in [2.05, 4.69) is 53.2 Å². The molecule has 4 rings (SSSR count). The molecule has 2 heterocycles. The summed E-state index contributed by atoms with van der Waals surface area (Å²) in [7, 11) is 0. The lowest BCUT2D eigenvalue weighted by Gasteiger charge is -2.34. The highest BCUT2D eigenvalue weighted by Crippen LogP contribution is 2.27. The summed E-state index contributed by atoms with van der Waals surface area (Å²) < 4.78 is 5.61. The predicted molar refractivity (Wildman–Crippen MR) is 121 cm³/mol. The Labute approximate surface area is 180 Å². The van der Waals surface area contributed by atoms with Crippen molar-refractivity contribution in [2.75, 3.05) is 44.6 Å². The minimum Gasteiger partial charge on any atom is -0.493 e. The molecular weight excluding hydrogens is 374 g/mol. The van der Waals surface area contributed by atoms with Gasteiger partial charge in [-0.15, -0.1) is 0 Å². The molecule has 2 aliphatic heterocycles. The van der Waals surface area contributed by atoms with Gasteiger partial charge in [-0.3, -0.25) is 14.6 Å². The summed E-state index contributed by atoms with van der Waals surface area (Å²) in [6, 6.07) is 14.7. The van der Waals surface area contributed by atoms with Crippen molar-refractivity contribution in [1.29, 1.82) is 0 Å². The number of piperazine rings is 1. The molecule has 0 aliphatic carbocycles. The zero-order chi connectivity index (χ0) is 20.9. The molecule has 30 heavy (non-hydrogen) atoms. The van der Waals surface area contributed by atoms with Crippen molar-refractivity contribution in [1.82, 2.24) is 9.80 Å². The summed E-state index contributed by atoms with van der Waals surface area (Å²) in [4.78, 5) is 17.4. The fraction of sp³-hybridized carbons (Fsp3) is 0.480. The Balaban J connectivity index is 1.25. The third-order valence-electron chi connectivity index (χ3n) is 6.37. The third kappa shape index (κ3) is 5.02. The lowest BCUT2D eigenvalue weighted by Crippen LogP contribution is -2.48. The van der Waals surface area contributed by atoms with E-state index in [9.17, 15) is 4.79 Å². The van der Waals surface area contributed by atoms with E-state index in [-0.39, 0.29) is 5.91 Å². The normalized spacial score (nSPS) is 17.9.